The van der Waals surface area contributed by atoms with Gasteiger partial charge in [0.15, 0.2) is 0 Å². The number of ether oxygens (including phenoxy) is 2. The molecule has 0 saturated carbocycles. The van der Waals surface area contributed by atoms with Gasteiger partial charge in [0.1, 0.15) is 5.75 Å². The SMILES string of the molecule is CCOCCC(Br)Cc1ccc(OC)cc1. The van der Waals surface area contributed by atoms with Crippen LogP contribution in [0.1, 0.15) is 18.9 Å². The van der Waals surface area contributed by atoms with Crippen molar-refractivity contribution in [2.45, 2.75) is 24.6 Å². The number of hydrogen-bond donors (Lipinski definition) is 0. The van der Waals surface area contributed by atoms with Crippen LogP contribution < -0.4 is 4.74 Å². The van der Waals surface area contributed by atoms with Crippen LogP contribution in [-0.4, -0.2) is 25.2 Å². The van der Waals surface area contributed by atoms with Crippen molar-refractivity contribution in [1.29, 1.82) is 0 Å². The minimum atomic E-state index is 0.479. The van der Waals surface area contributed by atoms with Gasteiger partial charge in [0, 0.05) is 18.0 Å². The molecule has 0 spiro atoms. The van der Waals surface area contributed by atoms with Gasteiger partial charge in [-0.25, -0.2) is 0 Å². The second kappa shape index (κ2) is 7.69. The molecule has 0 bridgehead atoms. The number of rotatable bonds is 7. The molecule has 0 amide bonds. The fourth-order valence-corrected chi connectivity index (χ4v) is 2.04. The van der Waals surface area contributed by atoms with Gasteiger partial charge in [-0.05, 0) is 37.5 Å². The fourth-order valence-electron chi connectivity index (χ4n) is 1.47. The van der Waals surface area contributed by atoms with Crippen LogP contribution in [0.2, 0.25) is 0 Å². The second-order valence-corrected chi connectivity index (χ2v) is 4.93. The van der Waals surface area contributed by atoms with Gasteiger partial charge < -0.3 is 9.47 Å². The van der Waals surface area contributed by atoms with E-state index in [0.717, 1.165) is 31.8 Å². The van der Waals surface area contributed by atoms with E-state index in [9.17, 15) is 0 Å². The molecule has 0 aliphatic carbocycles. The zero-order valence-electron chi connectivity index (χ0n) is 9.91. The van der Waals surface area contributed by atoms with Crippen molar-refractivity contribution < 1.29 is 9.47 Å². The topological polar surface area (TPSA) is 18.5 Å². The Hall–Kier alpha value is -0.540. The number of benzene rings is 1. The lowest BCUT2D eigenvalue weighted by molar-refractivity contribution is 0.145. The monoisotopic (exact) mass is 286 g/mol. The lowest BCUT2D eigenvalue weighted by Gasteiger charge is -2.10. The van der Waals surface area contributed by atoms with Crippen molar-refractivity contribution in [3.8, 4) is 5.75 Å². The van der Waals surface area contributed by atoms with Gasteiger partial charge in [-0.3, -0.25) is 0 Å². The van der Waals surface area contributed by atoms with Gasteiger partial charge in [0.25, 0.3) is 0 Å². The quantitative estimate of drug-likeness (QED) is 0.565. The molecule has 1 aromatic rings. The third kappa shape index (κ3) is 4.99. The maximum absolute atomic E-state index is 5.33. The van der Waals surface area contributed by atoms with Crippen molar-refractivity contribution in [3.63, 3.8) is 0 Å². The van der Waals surface area contributed by atoms with E-state index in [-0.39, 0.29) is 0 Å². The molecule has 0 radical (unpaired) electrons. The maximum atomic E-state index is 5.33. The summed E-state index contributed by atoms with van der Waals surface area (Å²) in [6.07, 6.45) is 2.07. The minimum Gasteiger partial charge on any atom is -0.497 e. The Balaban J connectivity index is 2.34. The van der Waals surface area contributed by atoms with Crippen LogP contribution in [0, 0.1) is 0 Å². The molecule has 0 fully saturated rings. The Morgan fingerprint density at radius 2 is 1.94 bits per heavy atom. The van der Waals surface area contributed by atoms with Crippen molar-refractivity contribution in [2.75, 3.05) is 20.3 Å². The summed E-state index contributed by atoms with van der Waals surface area (Å²) in [5.41, 5.74) is 1.32. The van der Waals surface area contributed by atoms with E-state index < -0.39 is 0 Å². The zero-order valence-corrected chi connectivity index (χ0v) is 11.5. The highest BCUT2D eigenvalue weighted by atomic mass is 79.9. The molecule has 2 nitrogen and oxygen atoms in total. The highest BCUT2D eigenvalue weighted by Crippen LogP contribution is 2.16. The molecule has 0 aromatic heterocycles. The first kappa shape index (κ1) is 13.5. The third-order valence-electron chi connectivity index (χ3n) is 2.40. The molecule has 1 rings (SSSR count). The summed E-state index contributed by atoms with van der Waals surface area (Å²) in [5.74, 6) is 0.907. The van der Waals surface area contributed by atoms with Crippen molar-refractivity contribution >= 4 is 15.9 Å². The Kier molecular flexibility index (Phi) is 6.50. The van der Waals surface area contributed by atoms with Gasteiger partial charge in [-0.1, -0.05) is 28.1 Å². The number of methoxy groups -OCH3 is 1. The van der Waals surface area contributed by atoms with E-state index in [4.69, 9.17) is 9.47 Å². The Bertz CT molecular complexity index is 284. The van der Waals surface area contributed by atoms with Gasteiger partial charge in [0.05, 0.1) is 7.11 Å². The Morgan fingerprint density at radius 1 is 1.25 bits per heavy atom. The smallest absolute Gasteiger partial charge is 0.118 e. The molecule has 0 heterocycles. The summed E-state index contributed by atoms with van der Waals surface area (Å²) in [7, 11) is 1.68. The summed E-state index contributed by atoms with van der Waals surface area (Å²) in [4.78, 5) is 0.479. The number of alkyl halides is 1. The predicted octanol–water partition coefficient (Wildman–Crippen LogP) is 3.43. The van der Waals surface area contributed by atoms with Crippen LogP contribution in [0.3, 0.4) is 0 Å². The van der Waals surface area contributed by atoms with E-state index in [1.807, 2.05) is 19.1 Å². The summed E-state index contributed by atoms with van der Waals surface area (Å²) in [6, 6.07) is 8.21. The van der Waals surface area contributed by atoms with Crippen LogP contribution in [0.5, 0.6) is 5.75 Å². The van der Waals surface area contributed by atoms with Gasteiger partial charge in [0.2, 0.25) is 0 Å². The average molecular weight is 287 g/mol. The van der Waals surface area contributed by atoms with Crippen LogP contribution in [0.25, 0.3) is 0 Å². The molecule has 1 unspecified atom stereocenters. The predicted molar refractivity (Wildman–Crippen MR) is 70.5 cm³/mol. The lowest BCUT2D eigenvalue weighted by atomic mass is 10.1. The van der Waals surface area contributed by atoms with Crippen LogP contribution in [-0.2, 0) is 11.2 Å². The standard InChI is InChI=1S/C13H19BrO2/c1-3-16-9-8-12(14)10-11-4-6-13(15-2)7-5-11/h4-7,12H,3,8-10H2,1-2H3. The van der Waals surface area contributed by atoms with Gasteiger partial charge >= 0.3 is 0 Å². The zero-order chi connectivity index (χ0) is 11.8. The van der Waals surface area contributed by atoms with E-state index in [0.29, 0.717) is 4.83 Å². The summed E-state index contributed by atoms with van der Waals surface area (Å²) >= 11 is 3.67. The molecular formula is C13H19BrO2. The summed E-state index contributed by atoms with van der Waals surface area (Å²) < 4.78 is 10.5. The maximum Gasteiger partial charge on any atom is 0.118 e. The van der Waals surface area contributed by atoms with Crippen LogP contribution in [0.15, 0.2) is 24.3 Å². The second-order valence-electron chi connectivity index (χ2n) is 3.64. The first-order valence-electron chi connectivity index (χ1n) is 5.61. The first-order valence-corrected chi connectivity index (χ1v) is 6.52. The fraction of sp³-hybridized carbons (Fsp3) is 0.538. The molecule has 0 N–H and O–H groups in total. The molecule has 90 valence electrons. The molecule has 1 aromatic carbocycles. The highest BCUT2D eigenvalue weighted by Gasteiger charge is 2.05. The van der Waals surface area contributed by atoms with Gasteiger partial charge in [-0.2, -0.15) is 0 Å². The molecule has 16 heavy (non-hydrogen) atoms. The molecule has 0 aliphatic heterocycles. The molecule has 0 aliphatic rings. The number of hydrogen-bond acceptors (Lipinski definition) is 2. The van der Waals surface area contributed by atoms with E-state index in [1.54, 1.807) is 7.11 Å². The average Bonchev–Trinajstić information content (AvgIpc) is 2.30. The summed E-state index contributed by atoms with van der Waals surface area (Å²) in [6.45, 7) is 3.64. The van der Waals surface area contributed by atoms with E-state index in [2.05, 4.69) is 28.1 Å². The number of halogens is 1. The Morgan fingerprint density at radius 3 is 2.50 bits per heavy atom. The van der Waals surface area contributed by atoms with Crippen molar-refractivity contribution in [3.05, 3.63) is 29.8 Å². The third-order valence-corrected chi connectivity index (χ3v) is 3.18. The molecule has 3 heteroatoms. The first-order chi connectivity index (χ1) is 7.76. The Labute approximate surface area is 106 Å². The van der Waals surface area contributed by atoms with Gasteiger partial charge in [-0.15, -0.1) is 0 Å². The van der Waals surface area contributed by atoms with E-state index >= 15 is 0 Å². The van der Waals surface area contributed by atoms with Crippen LogP contribution in [0.4, 0.5) is 0 Å². The van der Waals surface area contributed by atoms with Crippen molar-refractivity contribution in [1.82, 2.24) is 0 Å². The lowest BCUT2D eigenvalue weighted by Crippen LogP contribution is -2.07. The largest absolute Gasteiger partial charge is 0.497 e. The molecule has 1 atom stereocenters. The summed E-state index contributed by atoms with van der Waals surface area (Å²) in [5, 5.41) is 0. The van der Waals surface area contributed by atoms with Crippen molar-refractivity contribution in [2.24, 2.45) is 0 Å². The highest BCUT2D eigenvalue weighted by molar-refractivity contribution is 9.09. The molecular weight excluding hydrogens is 268 g/mol. The minimum absolute atomic E-state index is 0.479. The van der Waals surface area contributed by atoms with E-state index in [1.165, 1.54) is 5.56 Å². The normalized spacial score (nSPS) is 12.4. The van der Waals surface area contributed by atoms with Crippen LogP contribution >= 0.6 is 15.9 Å². The molecule has 0 saturated heterocycles.